The summed E-state index contributed by atoms with van der Waals surface area (Å²) in [5.41, 5.74) is 2.27. The molecular formula is C21H21ClN2O3S. The van der Waals surface area contributed by atoms with Crippen molar-refractivity contribution in [2.45, 2.75) is 26.3 Å². The van der Waals surface area contributed by atoms with E-state index < -0.39 is 5.97 Å². The van der Waals surface area contributed by atoms with E-state index in [0.717, 1.165) is 11.3 Å². The number of hydrogen-bond donors (Lipinski definition) is 1. The summed E-state index contributed by atoms with van der Waals surface area (Å²) >= 11 is 11.6. The van der Waals surface area contributed by atoms with Gasteiger partial charge in [-0.2, -0.15) is 0 Å². The summed E-state index contributed by atoms with van der Waals surface area (Å²) in [6.07, 6.45) is 0.628. The molecule has 2 aromatic carbocycles. The fourth-order valence-electron chi connectivity index (χ4n) is 3.03. The molecule has 0 saturated heterocycles. The fourth-order valence-corrected chi connectivity index (χ4v) is 3.55. The molecule has 5 nitrogen and oxygen atoms in total. The van der Waals surface area contributed by atoms with Crippen molar-refractivity contribution in [3.63, 3.8) is 0 Å². The Labute approximate surface area is 173 Å². The standard InChI is InChI=1S/C21H21ClN2O3S/c1-2-27-19(25)14-18-20(26)24(17-6-4-3-5-7-17)21(28)23(18)13-12-15-8-10-16(22)11-9-15/h3-11,26H,2,12-14H2,1H3. The van der Waals surface area contributed by atoms with Crippen LogP contribution in [0.4, 0.5) is 0 Å². The van der Waals surface area contributed by atoms with E-state index in [1.807, 2.05) is 54.6 Å². The third-order valence-corrected chi connectivity index (χ3v) is 5.04. The Bertz CT molecular complexity index is 1010. The molecule has 0 spiro atoms. The predicted molar refractivity (Wildman–Crippen MR) is 112 cm³/mol. The van der Waals surface area contributed by atoms with Crippen LogP contribution in [0.3, 0.4) is 0 Å². The first-order valence-corrected chi connectivity index (χ1v) is 9.78. The monoisotopic (exact) mass is 416 g/mol. The van der Waals surface area contributed by atoms with Crippen LogP contribution in [0.25, 0.3) is 5.69 Å². The molecule has 1 heterocycles. The summed E-state index contributed by atoms with van der Waals surface area (Å²) in [6, 6.07) is 16.9. The quantitative estimate of drug-likeness (QED) is 0.447. The molecule has 1 N–H and O–H groups in total. The number of carbonyl (C=O) groups excluding carboxylic acids is 1. The largest absolute Gasteiger partial charge is 0.493 e. The normalized spacial score (nSPS) is 10.8. The number of aromatic nitrogens is 2. The molecule has 0 radical (unpaired) electrons. The average molecular weight is 417 g/mol. The number of carbonyl (C=O) groups is 1. The third kappa shape index (κ3) is 4.46. The Morgan fingerprint density at radius 3 is 2.46 bits per heavy atom. The van der Waals surface area contributed by atoms with Gasteiger partial charge in [-0.1, -0.05) is 41.9 Å². The van der Waals surface area contributed by atoms with E-state index in [1.54, 1.807) is 16.1 Å². The van der Waals surface area contributed by atoms with Crippen molar-refractivity contribution in [1.82, 2.24) is 9.13 Å². The molecule has 0 fully saturated rings. The number of hydrogen-bond acceptors (Lipinski definition) is 4. The number of ether oxygens (including phenoxy) is 1. The van der Waals surface area contributed by atoms with Gasteiger partial charge >= 0.3 is 5.97 Å². The summed E-state index contributed by atoms with van der Waals surface area (Å²) in [4.78, 5) is 12.1. The van der Waals surface area contributed by atoms with E-state index in [0.29, 0.717) is 28.5 Å². The number of benzene rings is 2. The van der Waals surface area contributed by atoms with E-state index >= 15 is 0 Å². The number of rotatable bonds is 7. The zero-order chi connectivity index (χ0) is 20.1. The second-order valence-corrected chi connectivity index (χ2v) is 7.04. The molecule has 0 saturated carbocycles. The minimum Gasteiger partial charge on any atom is -0.493 e. The highest BCUT2D eigenvalue weighted by Crippen LogP contribution is 2.27. The molecule has 28 heavy (non-hydrogen) atoms. The summed E-state index contributed by atoms with van der Waals surface area (Å²) in [5.74, 6) is -0.446. The SMILES string of the molecule is CCOC(=O)Cc1c(O)n(-c2ccccc2)c(=S)n1CCc1ccc(Cl)cc1. The Balaban J connectivity index is 1.99. The number of nitrogens with zero attached hydrogens (tertiary/aromatic N) is 2. The van der Waals surface area contributed by atoms with Crippen molar-refractivity contribution in [2.24, 2.45) is 0 Å². The second kappa shape index (κ2) is 9.08. The van der Waals surface area contributed by atoms with E-state index in [-0.39, 0.29) is 18.9 Å². The van der Waals surface area contributed by atoms with Crippen LogP contribution in [0.15, 0.2) is 54.6 Å². The van der Waals surface area contributed by atoms with Crippen LogP contribution in [0, 0.1) is 4.77 Å². The Hall–Kier alpha value is -2.57. The van der Waals surface area contributed by atoms with Crippen molar-refractivity contribution in [2.75, 3.05) is 6.61 Å². The van der Waals surface area contributed by atoms with Gasteiger partial charge in [0.25, 0.3) is 0 Å². The molecule has 0 amide bonds. The Kier molecular flexibility index (Phi) is 6.54. The lowest BCUT2D eigenvalue weighted by atomic mass is 10.1. The van der Waals surface area contributed by atoms with Crippen LogP contribution in [-0.2, 0) is 28.9 Å². The highest BCUT2D eigenvalue weighted by molar-refractivity contribution is 7.71. The first kappa shape index (κ1) is 20.2. The Morgan fingerprint density at radius 2 is 1.82 bits per heavy atom. The van der Waals surface area contributed by atoms with Gasteiger partial charge in [0.15, 0.2) is 4.77 Å². The molecule has 0 aliphatic carbocycles. The molecule has 0 aliphatic heterocycles. The van der Waals surface area contributed by atoms with E-state index in [1.165, 1.54) is 0 Å². The average Bonchev–Trinajstić information content (AvgIpc) is 2.92. The summed E-state index contributed by atoms with van der Waals surface area (Å²) in [6.45, 7) is 2.55. The van der Waals surface area contributed by atoms with E-state index in [4.69, 9.17) is 28.6 Å². The van der Waals surface area contributed by atoms with Crippen LogP contribution >= 0.6 is 23.8 Å². The number of imidazole rings is 1. The van der Waals surface area contributed by atoms with Gasteiger partial charge in [0.05, 0.1) is 24.4 Å². The molecule has 3 rings (SSSR count). The third-order valence-electron chi connectivity index (χ3n) is 4.39. The van der Waals surface area contributed by atoms with Crippen molar-refractivity contribution in [3.05, 3.63) is 75.6 Å². The Morgan fingerprint density at radius 1 is 1.14 bits per heavy atom. The van der Waals surface area contributed by atoms with E-state index in [9.17, 15) is 9.90 Å². The summed E-state index contributed by atoms with van der Waals surface area (Å²) < 4.78 is 8.86. The van der Waals surface area contributed by atoms with Gasteiger partial charge in [-0.05, 0) is 55.4 Å². The van der Waals surface area contributed by atoms with Gasteiger partial charge in [0.2, 0.25) is 5.88 Å². The molecule has 0 aliphatic rings. The van der Waals surface area contributed by atoms with Crippen LogP contribution in [0.1, 0.15) is 18.2 Å². The van der Waals surface area contributed by atoms with Crippen LogP contribution in [-0.4, -0.2) is 26.8 Å². The predicted octanol–water partition coefficient (Wildman–Crippen LogP) is 4.72. The highest BCUT2D eigenvalue weighted by Gasteiger charge is 2.21. The molecule has 0 bridgehead atoms. The molecule has 1 aromatic heterocycles. The van der Waals surface area contributed by atoms with Crippen LogP contribution in [0.2, 0.25) is 5.02 Å². The minimum atomic E-state index is -0.404. The van der Waals surface area contributed by atoms with Crippen molar-refractivity contribution < 1.29 is 14.6 Å². The topological polar surface area (TPSA) is 56.4 Å². The smallest absolute Gasteiger partial charge is 0.311 e. The van der Waals surface area contributed by atoms with Crippen LogP contribution in [0.5, 0.6) is 5.88 Å². The summed E-state index contributed by atoms with van der Waals surface area (Å²) in [7, 11) is 0. The molecule has 0 atom stereocenters. The number of aromatic hydroxyl groups is 1. The number of halogens is 1. The van der Waals surface area contributed by atoms with Gasteiger partial charge in [-0.3, -0.25) is 9.36 Å². The number of aryl methyl sites for hydroxylation is 1. The van der Waals surface area contributed by atoms with Gasteiger partial charge < -0.3 is 14.4 Å². The molecule has 146 valence electrons. The van der Waals surface area contributed by atoms with Gasteiger partial charge in [0.1, 0.15) is 0 Å². The van der Waals surface area contributed by atoms with Gasteiger partial charge in [-0.25, -0.2) is 0 Å². The second-order valence-electron chi connectivity index (χ2n) is 6.23. The van der Waals surface area contributed by atoms with Crippen LogP contribution < -0.4 is 0 Å². The molecule has 7 heteroatoms. The first-order chi connectivity index (χ1) is 13.5. The molecule has 3 aromatic rings. The highest BCUT2D eigenvalue weighted by atomic mass is 35.5. The maximum Gasteiger partial charge on any atom is 0.311 e. The lowest BCUT2D eigenvalue weighted by Crippen LogP contribution is -2.13. The van der Waals surface area contributed by atoms with Crippen molar-refractivity contribution >= 4 is 29.8 Å². The van der Waals surface area contributed by atoms with Crippen molar-refractivity contribution in [3.8, 4) is 11.6 Å². The zero-order valence-corrected chi connectivity index (χ0v) is 17.0. The molecular weight excluding hydrogens is 396 g/mol. The first-order valence-electron chi connectivity index (χ1n) is 9.00. The lowest BCUT2D eigenvalue weighted by Gasteiger charge is -2.08. The summed E-state index contributed by atoms with van der Waals surface area (Å²) in [5, 5.41) is 11.5. The number of para-hydroxylation sites is 1. The maximum atomic E-state index is 12.1. The van der Waals surface area contributed by atoms with Gasteiger partial charge in [-0.15, -0.1) is 0 Å². The maximum absolute atomic E-state index is 12.1. The number of esters is 1. The van der Waals surface area contributed by atoms with Crippen molar-refractivity contribution in [1.29, 1.82) is 0 Å². The zero-order valence-electron chi connectivity index (χ0n) is 15.5. The van der Waals surface area contributed by atoms with Gasteiger partial charge in [0, 0.05) is 11.6 Å². The molecule has 0 unspecified atom stereocenters. The lowest BCUT2D eigenvalue weighted by molar-refractivity contribution is -0.142. The fraction of sp³-hybridized carbons (Fsp3) is 0.238. The van der Waals surface area contributed by atoms with E-state index in [2.05, 4.69) is 0 Å². The minimum absolute atomic E-state index is 0.0413.